The van der Waals surface area contributed by atoms with E-state index in [1.54, 1.807) is 5.56 Å². The Balaban J connectivity index is 1.67. The molecule has 1 aromatic rings. The average Bonchev–Trinajstić information content (AvgIpc) is 2.42. The Morgan fingerprint density at radius 2 is 1.94 bits per heavy atom. The molecular formula is C15H23N3. The van der Waals surface area contributed by atoms with Crippen LogP contribution >= 0.6 is 0 Å². The van der Waals surface area contributed by atoms with Crippen LogP contribution in [0.4, 0.5) is 0 Å². The van der Waals surface area contributed by atoms with Crippen molar-refractivity contribution in [3.05, 3.63) is 35.4 Å². The number of benzene rings is 1. The van der Waals surface area contributed by atoms with E-state index in [1.165, 1.54) is 38.3 Å². The van der Waals surface area contributed by atoms with Crippen LogP contribution in [0.5, 0.6) is 0 Å². The van der Waals surface area contributed by atoms with Crippen molar-refractivity contribution in [3.8, 4) is 0 Å². The Morgan fingerprint density at radius 3 is 2.78 bits per heavy atom. The molecule has 1 aromatic carbocycles. The molecule has 98 valence electrons. The predicted octanol–water partition coefficient (Wildman–Crippen LogP) is 1.12. The Hall–Kier alpha value is -0.900. The largest absolute Gasteiger partial charge is 0.312 e. The van der Waals surface area contributed by atoms with Crippen molar-refractivity contribution >= 4 is 0 Å². The normalized spacial score (nSPS) is 25.9. The minimum Gasteiger partial charge on any atom is -0.312 e. The third kappa shape index (κ3) is 2.58. The highest BCUT2D eigenvalue weighted by Crippen LogP contribution is 2.24. The van der Waals surface area contributed by atoms with Gasteiger partial charge in [0.15, 0.2) is 0 Å². The number of rotatable bonds is 2. The van der Waals surface area contributed by atoms with Crippen LogP contribution in [0.2, 0.25) is 0 Å². The first-order valence-electron chi connectivity index (χ1n) is 7.02. The van der Waals surface area contributed by atoms with Gasteiger partial charge in [-0.05, 0) is 18.2 Å². The van der Waals surface area contributed by atoms with Crippen molar-refractivity contribution in [3.63, 3.8) is 0 Å². The molecule has 18 heavy (non-hydrogen) atoms. The van der Waals surface area contributed by atoms with E-state index < -0.39 is 0 Å². The van der Waals surface area contributed by atoms with Gasteiger partial charge in [-0.2, -0.15) is 0 Å². The molecule has 2 heterocycles. The predicted molar refractivity (Wildman–Crippen MR) is 74.8 cm³/mol. The van der Waals surface area contributed by atoms with Crippen LogP contribution < -0.4 is 5.32 Å². The maximum Gasteiger partial charge on any atom is 0.0208 e. The highest BCUT2D eigenvalue weighted by molar-refractivity contribution is 5.32. The van der Waals surface area contributed by atoms with Gasteiger partial charge in [-0.25, -0.2) is 0 Å². The summed E-state index contributed by atoms with van der Waals surface area (Å²) in [4.78, 5) is 5.04. The van der Waals surface area contributed by atoms with Crippen LogP contribution in [0.1, 0.15) is 17.0 Å². The lowest BCUT2D eigenvalue weighted by molar-refractivity contribution is 0.145. The third-order valence-corrected chi connectivity index (χ3v) is 4.28. The second-order valence-corrected chi connectivity index (χ2v) is 5.63. The number of hydrogen-bond acceptors (Lipinski definition) is 3. The topological polar surface area (TPSA) is 18.5 Å². The molecule has 1 saturated heterocycles. The van der Waals surface area contributed by atoms with E-state index in [0.717, 1.165) is 13.1 Å². The highest BCUT2D eigenvalue weighted by atomic mass is 15.2. The van der Waals surface area contributed by atoms with Gasteiger partial charge in [-0.3, -0.25) is 0 Å². The minimum absolute atomic E-state index is 0.665. The molecule has 1 N–H and O–H groups in total. The van der Waals surface area contributed by atoms with Crippen LogP contribution in [0.15, 0.2) is 24.3 Å². The summed E-state index contributed by atoms with van der Waals surface area (Å²) in [5, 5.41) is 3.55. The van der Waals surface area contributed by atoms with Gasteiger partial charge < -0.3 is 15.1 Å². The molecule has 0 radical (unpaired) electrons. The van der Waals surface area contributed by atoms with Crippen LogP contribution in [-0.2, 0) is 6.54 Å². The van der Waals surface area contributed by atoms with Gasteiger partial charge in [0.05, 0.1) is 0 Å². The molecule has 2 aliphatic rings. The summed E-state index contributed by atoms with van der Waals surface area (Å²) in [5.41, 5.74) is 3.05. The first-order valence-corrected chi connectivity index (χ1v) is 7.02. The Kier molecular flexibility index (Phi) is 3.64. The van der Waals surface area contributed by atoms with Crippen LogP contribution in [0.3, 0.4) is 0 Å². The zero-order valence-electron chi connectivity index (χ0n) is 11.2. The van der Waals surface area contributed by atoms with Crippen molar-refractivity contribution < 1.29 is 0 Å². The fourth-order valence-corrected chi connectivity index (χ4v) is 3.09. The lowest BCUT2D eigenvalue weighted by atomic mass is 9.90. The number of nitrogens with zero attached hydrogens (tertiary/aromatic N) is 2. The van der Waals surface area contributed by atoms with E-state index >= 15 is 0 Å². The quantitative estimate of drug-likeness (QED) is 0.842. The molecule has 3 heteroatoms. The fraction of sp³-hybridized carbons (Fsp3) is 0.600. The van der Waals surface area contributed by atoms with Crippen molar-refractivity contribution in [1.82, 2.24) is 15.1 Å². The van der Waals surface area contributed by atoms with Gasteiger partial charge in [0.1, 0.15) is 0 Å². The zero-order chi connectivity index (χ0) is 12.4. The van der Waals surface area contributed by atoms with E-state index in [4.69, 9.17) is 0 Å². The molecule has 0 spiro atoms. The first kappa shape index (κ1) is 12.2. The molecule has 3 rings (SSSR count). The average molecular weight is 245 g/mol. The highest BCUT2D eigenvalue weighted by Gasteiger charge is 2.23. The number of likely N-dealkylation sites (N-methyl/N-ethyl adjacent to an activating group) is 1. The van der Waals surface area contributed by atoms with Gasteiger partial charge in [-0.1, -0.05) is 24.3 Å². The summed E-state index contributed by atoms with van der Waals surface area (Å²) in [6.45, 7) is 8.23. The Morgan fingerprint density at radius 1 is 1.17 bits per heavy atom. The second kappa shape index (κ2) is 5.39. The zero-order valence-corrected chi connectivity index (χ0v) is 11.2. The molecule has 1 unspecified atom stereocenters. The van der Waals surface area contributed by atoms with Crippen LogP contribution in [-0.4, -0.2) is 56.1 Å². The molecule has 0 aliphatic carbocycles. The summed E-state index contributed by atoms with van der Waals surface area (Å²) < 4.78 is 0. The molecule has 0 amide bonds. The summed E-state index contributed by atoms with van der Waals surface area (Å²) in [7, 11) is 2.22. The molecule has 2 aliphatic heterocycles. The van der Waals surface area contributed by atoms with Crippen LogP contribution in [0.25, 0.3) is 0 Å². The molecule has 0 aromatic heterocycles. The molecule has 1 atom stereocenters. The lowest BCUT2D eigenvalue weighted by Gasteiger charge is -2.36. The molecule has 0 saturated carbocycles. The summed E-state index contributed by atoms with van der Waals surface area (Å²) in [6, 6.07) is 8.91. The van der Waals surface area contributed by atoms with E-state index in [-0.39, 0.29) is 0 Å². The number of nitrogens with one attached hydrogen (secondary N) is 1. The standard InChI is InChI=1S/C15H23N3/c1-17-6-8-18(9-7-17)12-14-11-16-10-13-4-2-3-5-15(13)14/h2-5,14,16H,6-12H2,1H3. The SMILES string of the molecule is CN1CCN(CC2CNCc3ccccc32)CC1. The Labute approximate surface area is 110 Å². The number of fused-ring (bicyclic) bond motifs is 1. The second-order valence-electron chi connectivity index (χ2n) is 5.63. The van der Waals surface area contributed by atoms with Gasteiger partial charge >= 0.3 is 0 Å². The van der Waals surface area contributed by atoms with E-state index in [9.17, 15) is 0 Å². The van der Waals surface area contributed by atoms with Gasteiger partial charge in [0.2, 0.25) is 0 Å². The maximum atomic E-state index is 3.55. The van der Waals surface area contributed by atoms with Gasteiger partial charge in [-0.15, -0.1) is 0 Å². The smallest absolute Gasteiger partial charge is 0.0208 e. The van der Waals surface area contributed by atoms with E-state index in [2.05, 4.69) is 46.4 Å². The van der Waals surface area contributed by atoms with Crippen molar-refractivity contribution in [2.75, 3.05) is 46.3 Å². The lowest BCUT2D eigenvalue weighted by Crippen LogP contribution is -2.47. The molecule has 0 bridgehead atoms. The summed E-state index contributed by atoms with van der Waals surface area (Å²) in [5.74, 6) is 0.665. The number of hydrogen-bond donors (Lipinski definition) is 1. The van der Waals surface area contributed by atoms with Crippen molar-refractivity contribution in [1.29, 1.82) is 0 Å². The molecular weight excluding hydrogens is 222 g/mol. The fourth-order valence-electron chi connectivity index (χ4n) is 3.09. The van der Waals surface area contributed by atoms with Gasteiger partial charge in [0, 0.05) is 51.7 Å². The summed E-state index contributed by atoms with van der Waals surface area (Å²) in [6.07, 6.45) is 0. The summed E-state index contributed by atoms with van der Waals surface area (Å²) >= 11 is 0. The maximum absolute atomic E-state index is 3.55. The van der Waals surface area contributed by atoms with Crippen LogP contribution in [0, 0.1) is 0 Å². The third-order valence-electron chi connectivity index (χ3n) is 4.28. The van der Waals surface area contributed by atoms with Crippen molar-refractivity contribution in [2.24, 2.45) is 0 Å². The molecule has 1 fully saturated rings. The van der Waals surface area contributed by atoms with E-state index in [0.29, 0.717) is 5.92 Å². The monoisotopic (exact) mass is 245 g/mol. The molecule has 3 nitrogen and oxygen atoms in total. The minimum atomic E-state index is 0.665. The Bertz CT molecular complexity index is 396. The van der Waals surface area contributed by atoms with Gasteiger partial charge in [0.25, 0.3) is 0 Å². The first-order chi connectivity index (χ1) is 8.83. The van der Waals surface area contributed by atoms with E-state index in [1.807, 2.05) is 0 Å². The van der Waals surface area contributed by atoms with Crippen molar-refractivity contribution in [2.45, 2.75) is 12.5 Å². The number of piperazine rings is 1.